The molecule has 2 aromatic heterocycles. The number of fused-ring (bicyclic) bond motifs is 3. The second kappa shape index (κ2) is 13.7. The van der Waals surface area contributed by atoms with Crippen molar-refractivity contribution in [1.82, 2.24) is 29.7 Å². The molecule has 10 heteroatoms. The van der Waals surface area contributed by atoms with Crippen LogP contribution in [0, 0.1) is 11.8 Å². The minimum Gasteiger partial charge on any atom is -0.444 e. The molecule has 10 nitrogen and oxygen atoms in total. The maximum Gasteiger partial charge on any atom is 0.411 e. The number of likely N-dealkylation sites (tertiary alicyclic amines) is 2. The van der Waals surface area contributed by atoms with Gasteiger partial charge in [0.05, 0.1) is 34.2 Å². The molecule has 56 heavy (non-hydrogen) atoms. The molecule has 292 valence electrons. The van der Waals surface area contributed by atoms with E-state index >= 15 is 0 Å². The first kappa shape index (κ1) is 37.5. The van der Waals surface area contributed by atoms with E-state index in [0.717, 1.165) is 79.6 Å². The number of rotatable bonds is 4. The van der Waals surface area contributed by atoms with Gasteiger partial charge in [0.2, 0.25) is 0 Å². The average Bonchev–Trinajstić information content (AvgIpc) is 3.89. The van der Waals surface area contributed by atoms with Gasteiger partial charge in [-0.2, -0.15) is 0 Å². The number of nitrogens with one attached hydrogen (secondary N) is 2. The van der Waals surface area contributed by atoms with Crippen LogP contribution in [0.2, 0.25) is 0 Å². The largest absolute Gasteiger partial charge is 0.444 e. The number of aromatic amines is 2. The second-order valence-corrected chi connectivity index (χ2v) is 18.2. The van der Waals surface area contributed by atoms with E-state index in [9.17, 15) is 9.59 Å². The summed E-state index contributed by atoms with van der Waals surface area (Å²) in [4.78, 5) is 47.3. The molecule has 0 unspecified atom stereocenters. The number of benzene rings is 4. The number of imidazole rings is 2. The van der Waals surface area contributed by atoms with Crippen molar-refractivity contribution >= 4 is 45.0 Å². The number of carbonyl (C=O) groups is 2. The Kier molecular flexibility index (Phi) is 9.17. The van der Waals surface area contributed by atoms with Crippen LogP contribution in [0.25, 0.3) is 55.1 Å². The summed E-state index contributed by atoms with van der Waals surface area (Å²) in [5.74, 6) is 2.23. The van der Waals surface area contributed by atoms with Gasteiger partial charge in [-0.05, 0) is 149 Å². The second-order valence-electron chi connectivity index (χ2n) is 18.2. The quantitative estimate of drug-likeness (QED) is 0.185. The zero-order valence-electron chi connectivity index (χ0n) is 34.2. The maximum atomic E-state index is 13.3. The number of carbonyl (C=O) groups excluding carboxylic acids is 2. The normalized spacial score (nSPS) is 23.1. The lowest BCUT2D eigenvalue weighted by atomic mass is 9.97. The minimum absolute atomic E-state index is 0.0475. The molecule has 0 radical (unpaired) electrons. The van der Waals surface area contributed by atoms with Crippen LogP contribution in [0.4, 0.5) is 9.59 Å². The lowest BCUT2D eigenvalue weighted by Gasteiger charge is -2.31. The Morgan fingerprint density at radius 2 is 0.929 bits per heavy atom. The molecule has 0 aliphatic carbocycles. The van der Waals surface area contributed by atoms with Crippen molar-refractivity contribution in [2.24, 2.45) is 11.8 Å². The van der Waals surface area contributed by atoms with E-state index in [1.165, 1.54) is 0 Å². The van der Waals surface area contributed by atoms with Crippen molar-refractivity contribution < 1.29 is 19.1 Å². The fraction of sp³-hybridized carbons (Fsp3) is 0.435. The van der Waals surface area contributed by atoms with Gasteiger partial charge in [0, 0.05) is 12.1 Å². The molecule has 6 atom stereocenters. The van der Waals surface area contributed by atoms with E-state index in [2.05, 4.69) is 110 Å². The molecule has 4 heterocycles. The van der Waals surface area contributed by atoms with Gasteiger partial charge in [0.15, 0.2) is 0 Å². The molecule has 6 aromatic rings. The van der Waals surface area contributed by atoms with Crippen molar-refractivity contribution in [2.45, 2.75) is 117 Å². The van der Waals surface area contributed by atoms with E-state index in [-0.39, 0.29) is 36.4 Å². The Morgan fingerprint density at radius 1 is 0.571 bits per heavy atom. The van der Waals surface area contributed by atoms with Crippen LogP contribution in [0.3, 0.4) is 0 Å². The Hall–Kier alpha value is -5.38. The van der Waals surface area contributed by atoms with Gasteiger partial charge in [-0.1, -0.05) is 50.2 Å². The van der Waals surface area contributed by atoms with Gasteiger partial charge >= 0.3 is 12.2 Å². The topological polar surface area (TPSA) is 116 Å². The van der Waals surface area contributed by atoms with Crippen molar-refractivity contribution in [1.29, 1.82) is 0 Å². The van der Waals surface area contributed by atoms with E-state index < -0.39 is 11.2 Å². The third kappa shape index (κ3) is 7.10. The van der Waals surface area contributed by atoms with Crippen molar-refractivity contribution in [3.63, 3.8) is 0 Å². The van der Waals surface area contributed by atoms with Crippen molar-refractivity contribution in [3.8, 4) is 22.3 Å². The monoisotopic (exact) mass is 754 g/mol. The highest BCUT2D eigenvalue weighted by Gasteiger charge is 2.44. The molecule has 0 spiro atoms. The maximum absolute atomic E-state index is 13.3. The van der Waals surface area contributed by atoms with Gasteiger partial charge in [0.1, 0.15) is 22.9 Å². The highest BCUT2D eigenvalue weighted by atomic mass is 16.6. The lowest BCUT2D eigenvalue weighted by Crippen LogP contribution is -2.41. The summed E-state index contributed by atoms with van der Waals surface area (Å²) in [7, 11) is 0. The molecular weight excluding hydrogens is 701 g/mol. The molecule has 0 bridgehead atoms. The van der Waals surface area contributed by atoms with Crippen LogP contribution in [-0.4, -0.2) is 65.2 Å². The average molecular weight is 755 g/mol. The summed E-state index contributed by atoms with van der Waals surface area (Å²) in [5.41, 5.74) is 6.90. The summed E-state index contributed by atoms with van der Waals surface area (Å²) in [5, 5.41) is 2.30. The van der Waals surface area contributed by atoms with Crippen LogP contribution in [0.15, 0.2) is 72.8 Å². The Labute approximate surface area is 329 Å². The van der Waals surface area contributed by atoms with Crippen molar-refractivity contribution in [2.75, 3.05) is 0 Å². The van der Waals surface area contributed by atoms with Crippen LogP contribution >= 0.6 is 0 Å². The third-order valence-corrected chi connectivity index (χ3v) is 11.7. The first-order valence-electron chi connectivity index (χ1n) is 20.0. The highest BCUT2D eigenvalue weighted by Crippen LogP contribution is 2.42. The summed E-state index contributed by atoms with van der Waals surface area (Å²) in [6, 6.07) is 25.5. The molecule has 2 N–H and O–H groups in total. The summed E-state index contributed by atoms with van der Waals surface area (Å²) >= 11 is 0. The summed E-state index contributed by atoms with van der Waals surface area (Å²) < 4.78 is 11.6. The Morgan fingerprint density at radius 3 is 1.30 bits per heavy atom. The summed E-state index contributed by atoms with van der Waals surface area (Å²) in [6.07, 6.45) is 1.05. The van der Waals surface area contributed by atoms with Crippen LogP contribution in [0.5, 0.6) is 0 Å². The van der Waals surface area contributed by atoms with E-state index in [0.29, 0.717) is 11.8 Å². The molecule has 2 amide bonds. The molecule has 2 saturated heterocycles. The van der Waals surface area contributed by atoms with Gasteiger partial charge in [-0.15, -0.1) is 0 Å². The SMILES string of the molecule is C[C@@H]1C[C@@H](c2nc3ccc(-c4ccc5cc(-c6ccc7nc([C@@H]8C[C@@H](C)[C@@H](C)N8C(=O)OC(C)(C)C)[nH]c7c6)ccc5c4)cc3[nH]2)N(C(=O)OC(C)(C)C)[C@@H]1C. The number of hydrogen-bond acceptors (Lipinski definition) is 6. The third-order valence-electron chi connectivity index (χ3n) is 11.7. The number of amides is 2. The molecule has 2 fully saturated rings. The van der Waals surface area contributed by atoms with Crippen LogP contribution in [-0.2, 0) is 9.47 Å². The number of aromatic nitrogens is 4. The first-order chi connectivity index (χ1) is 26.4. The fourth-order valence-corrected chi connectivity index (χ4v) is 8.48. The Bertz CT molecular complexity index is 2300. The van der Waals surface area contributed by atoms with Gasteiger partial charge in [-0.3, -0.25) is 9.80 Å². The van der Waals surface area contributed by atoms with Crippen LogP contribution < -0.4 is 0 Å². The molecule has 0 saturated carbocycles. The standard InChI is InChI=1S/C46H54N6O4/c1-25-19-39(51(27(25)3)43(53)55-45(5,6)7)41-47-35-17-15-33(23-37(35)49-41)31-13-11-30-22-32(14-12-29(30)21-31)34-16-18-36-38(24-34)50-42(48-36)40-20-26(2)28(4)52(40)44(54)56-46(8,9)10/h11-18,21-28,39-40H,19-20H2,1-10H3,(H,47,49)(H,48,50)/t25-,26-,27-,28-,39+,40+/m1/s1. The number of H-pyrrole nitrogens is 2. The predicted molar refractivity (Wildman–Crippen MR) is 222 cm³/mol. The molecule has 4 aromatic carbocycles. The van der Waals surface area contributed by atoms with Crippen LogP contribution in [0.1, 0.15) is 106 Å². The predicted octanol–water partition coefficient (Wildman–Crippen LogP) is 11.3. The molecule has 2 aliphatic rings. The van der Waals surface area contributed by atoms with E-state index in [1.54, 1.807) is 0 Å². The number of nitrogens with zero attached hydrogens (tertiary/aromatic N) is 4. The number of hydrogen-bond donors (Lipinski definition) is 2. The van der Waals surface area contributed by atoms with Gasteiger partial charge in [-0.25, -0.2) is 19.6 Å². The molecule has 2 aliphatic heterocycles. The number of ether oxygens (including phenoxy) is 2. The molecular formula is C46H54N6O4. The molecule has 8 rings (SSSR count). The van der Waals surface area contributed by atoms with Crippen molar-refractivity contribution in [3.05, 3.63) is 84.4 Å². The first-order valence-corrected chi connectivity index (χ1v) is 20.0. The van der Waals surface area contributed by atoms with Gasteiger partial charge in [0.25, 0.3) is 0 Å². The van der Waals surface area contributed by atoms with Gasteiger partial charge < -0.3 is 19.4 Å². The zero-order valence-corrected chi connectivity index (χ0v) is 34.2. The minimum atomic E-state index is -0.570. The lowest BCUT2D eigenvalue weighted by molar-refractivity contribution is 0.0130. The van der Waals surface area contributed by atoms with E-state index in [1.807, 2.05) is 51.3 Å². The highest BCUT2D eigenvalue weighted by molar-refractivity contribution is 5.93. The fourth-order valence-electron chi connectivity index (χ4n) is 8.48. The zero-order chi connectivity index (χ0) is 39.8. The summed E-state index contributed by atoms with van der Waals surface area (Å²) in [6.45, 7) is 19.9. The van der Waals surface area contributed by atoms with E-state index in [4.69, 9.17) is 19.4 Å². The smallest absolute Gasteiger partial charge is 0.411 e. The Balaban J connectivity index is 1.03.